The number of ether oxygens (including phenoxy) is 1. The molecule has 170 valence electrons. The van der Waals surface area contributed by atoms with E-state index in [0.717, 1.165) is 12.8 Å². The number of nitrogens with zero attached hydrogens (tertiary/aromatic N) is 2. The lowest BCUT2D eigenvalue weighted by Gasteiger charge is -2.23. The van der Waals surface area contributed by atoms with Crippen LogP contribution in [0.2, 0.25) is 0 Å². The number of hydrogen-bond donors (Lipinski definition) is 5. The third-order valence-electron chi connectivity index (χ3n) is 5.64. The second-order valence-electron chi connectivity index (χ2n) is 7.73. The number of nitrogens with one attached hydrogen (secondary N) is 2. The zero-order valence-corrected chi connectivity index (χ0v) is 17.9. The van der Waals surface area contributed by atoms with Gasteiger partial charge in [0, 0.05) is 31.0 Å². The molecule has 1 fully saturated rings. The number of hydrogen-bond acceptors (Lipinski definition) is 8. The first-order valence-electron chi connectivity index (χ1n) is 10.3. The van der Waals surface area contributed by atoms with E-state index in [9.17, 15) is 15.0 Å². The molecular weight excluding hydrogens is 417 g/mol. The molecule has 0 bridgehead atoms. The maximum Gasteiger partial charge on any atom is 0.200 e. The van der Waals surface area contributed by atoms with Gasteiger partial charge in [-0.05, 0) is 31.9 Å². The number of aliphatic hydroxyl groups is 2. The van der Waals surface area contributed by atoms with Crippen LogP contribution in [0.3, 0.4) is 0 Å². The van der Waals surface area contributed by atoms with Crippen LogP contribution in [-0.4, -0.2) is 40.0 Å². The van der Waals surface area contributed by atoms with Gasteiger partial charge in [0.05, 0.1) is 29.3 Å². The number of nitrogen functional groups attached to an aromatic ring is 1. The van der Waals surface area contributed by atoms with Gasteiger partial charge in [-0.25, -0.2) is 9.37 Å². The molecule has 1 aromatic carbocycles. The number of benzene rings is 1. The summed E-state index contributed by atoms with van der Waals surface area (Å²) in [5.74, 6) is 0.0116. The molecule has 0 radical (unpaired) electrons. The van der Waals surface area contributed by atoms with E-state index in [-0.39, 0.29) is 34.1 Å². The van der Waals surface area contributed by atoms with E-state index in [4.69, 9.17) is 10.5 Å². The van der Waals surface area contributed by atoms with Gasteiger partial charge in [0.15, 0.2) is 23.3 Å². The topological polar surface area (TPSA) is 135 Å². The molecule has 1 aliphatic carbocycles. The van der Waals surface area contributed by atoms with E-state index in [1.165, 1.54) is 7.11 Å². The Hall–Kier alpha value is -3.37. The fourth-order valence-corrected chi connectivity index (χ4v) is 4.06. The van der Waals surface area contributed by atoms with Gasteiger partial charge in [0.1, 0.15) is 11.5 Å². The molecule has 3 aromatic rings. The first-order chi connectivity index (χ1) is 15.4. The molecule has 1 aliphatic rings. The molecular formula is C22H26FN5O4. The van der Waals surface area contributed by atoms with Crippen molar-refractivity contribution >= 4 is 28.1 Å². The molecule has 0 spiro atoms. The monoisotopic (exact) mass is 443 g/mol. The van der Waals surface area contributed by atoms with Gasteiger partial charge in [-0.3, -0.25) is 4.79 Å². The number of aromatic nitrogens is 2. The van der Waals surface area contributed by atoms with Crippen molar-refractivity contribution in [1.82, 2.24) is 9.55 Å². The van der Waals surface area contributed by atoms with Gasteiger partial charge in [0.2, 0.25) is 0 Å². The Bertz CT molecular complexity index is 1210. The van der Waals surface area contributed by atoms with Crippen LogP contribution >= 0.6 is 0 Å². The van der Waals surface area contributed by atoms with Crippen molar-refractivity contribution in [2.45, 2.75) is 32.1 Å². The molecule has 1 saturated carbocycles. The average Bonchev–Trinajstić information content (AvgIpc) is 3.60. The zero-order valence-electron chi connectivity index (χ0n) is 17.9. The van der Waals surface area contributed by atoms with Crippen LogP contribution in [0.25, 0.3) is 10.9 Å². The summed E-state index contributed by atoms with van der Waals surface area (Å²) in [7, 11) is 1.40. The molecule has 0 saturated heterocycles. The molecule has 10 heteroatoms. The Kier molecular flexibility index (Phi) is 5.90. The third-order valence-corrected chi connectivity index (χ3v) is 5.64. The number of anilines is 3. The Balaban J connectivity index is 1.81. The lowest BCUT2D eigenvalue weighted by atomic mass is 10.0. The van der Waals surface area contributed by atoms with Crippen molar-refractivity contribution in [3.8, 4) is 5.75 Å². The minimum absolute atomic E-state index is 0.0352. The summed E-state index contributed by atoms with van der Waals surface area (Å²) in [6, 6.07) is 5.52. The zero-order chi connectivity index (χ0) is 23.0. The highest BCUT2D eigenvalue weighted by molar-refractivity contribution is 6.00. The predicted molar refractivity (Wildman–Crippen MR) is 121 cm³/mol. The van der Waals surface area contributed by atoms with Gasteiger partial charge < -0.3 is 35.9 Å². The lowest BCUT2D eigenvalue weighted by molar-refractivity contribution is -0.0440. The standard InChI is InChI=1S/C22H26FN5O4/c1-11-14(22(30)31)20(29)15-17(24)16(23)18(21(32-2)19(15)28(11)12-6-7-12)27-10-9-26-13-5-3-4-8-25-13/h3-5,8,12,22,27,30-31H,6-7,9-10,24H2,1-2H3,(H,25,26). The van der Waals surface area contributed by atoms with E-state index in [0.29, 0.717) is 30.1 Å². The van der Waals surface area contributed by atoms with E-state index < -0.39 is 17.5 Å². The normalized spacial score (nSPS) is 13.6. The lowest BCUT2D eigenvalue weighted by Crippen LogP contribution is -2.24. The van der Waals surface area contributed by atoms with Crippen LogP contribution in [0, 0.1) is 12.7 Å². The van der Waals surface area contributed by atoms with Crippen LogP contribution in [0.1, 0.15) is 36.4 Å². The highest BCUT2D eigenvalue weighted by Crippen LogP contribution is 2.46. The fourth-order valence-electron chi connectivity index (χ4n) is 4.06. The summed E-state index contributed by atoms with van der Waals surface area (Å²) in [5.41, 5.74) is 5.58. The van der Waals surface area contributed by atoms with Gasteiger partial charge >= 0.3 is 0 Å². The van der Waals surface area contributed by atoms with Crippen LogP contribution < -0.4 is 26.5 Å². The maximum atomic E-state index is 15.3. The van der Waals surface area contributed by atoms with Crippen LogP contribution in [-0.2, 0) is 0 Å². The summed E-state index contributed by atoms with van der Waals surface area (Å²) in [5, 5.41) is 25.6. The van der Waals surface area contributed by atoms with Crippen LogP contribution in [0.4, 0.5) is 21.6 Å². The Morgan fingerprint density at radius 3 is 2.62 bits per heavy atom. The van der Waals surface area contributed by atoms with Crippen molar-refractivity contribution in [3.63, 3.8) is 0 Å². The second kappa shape index (κ2) is 8.64. The largest absolute Gasteiger partial charge is 0.492 e. The fraction of sp³-hybridized carbons (Fsp3) is 0.364. The summed E-state index contributed by atoms with van der Waals surface area (Å²) in [4.78, 5) is 17.3. The predicted octanol–water partition coefficient (Wildman–Crippen LogP) is 2.28. The van der Waals surface area contributed by atoms with Gasteiger partial charge in [0.25, 0.3) is 0 Å². The van der Waals surface area contributed by atoms with Gasteiger partial charge in [-0.2, -0.15) is 0 Å². The smallest absolute Gasteiger partial charge is 0.200 e. The third kappa shape index (κ3) is 3.71. The van der Waals surface area contributed by atoms with Gasteiger partial charge in [-0.1, -0.05) is 6.07 Å². The highest BCUT2D eigenvalue weighted by Gasteiger charge is 2.33. The average molecular weight is 443 g/mol. The Morgan fingerprint density at radius 1 is 1.31 bits per heavy atom. The van der Waals surface area contributed by atoms with Crippen molar-refractivity contribution in [2.75, 3.05) is 36.6 Å². The Morgan fingerprint density at radius 2 is 2.03 bits per heavy atom. The molecule has 6 N–H and O–H groups in total. The van der Waals surface area contributed by atoms with E-state index in [2.05, 4.69) is 15.6 Å². The van der Waals surface area contributed by atoms with Crippen LogP contribution in [0.15, 0.2) is 29.2 Å². The van der Waals surface area contributed by atoms with Crippen LogP contribution in [0.5, 0.6) is 5.75 Å². The van der Waals surface area contributed by atoms with Crippen molar-refractivity contribution in [2.24, 2.45) is 0 Å². The Labute approximate surface area is 183 Å². The quantitative estimate of drug-likeness (QED) is 0.203. The second-order valence-corrected chi connectivity index (χ2v) is 7.73. The van der Waals surface area contributed by atoms with Gasteiger partial charge in [-0.15, -0.1) is 0 Å². The molecule has 9 nitrogen and oxygen atoms in total. The number of aliphatic hydroxyl groups excluding tert-OH is 1. The number of methoxy groups -OCH3 is 1. The van der Waals surface area contributed by atoms with Crippen molar-refractivity contribution in [3.05, 3.63) is 51.7 Å². The molecule has 0 unspecified atom stereocenters. The number of rotatable bonds is 8. The number of nitrogens with two attached hydrogens (primary N) is 1. The van der Waals surface area contributed by atoms with Crippen molar-refractivity contribution in [1.29, 1.82) is 0 Å². The molecule has 0 atom stereocenters. The summed E-state index contributed by atoms with van der Waals surface area (Å²) < 4.78 is 22.7. The molecule has 0 aliphatic heterocycles. The minimum Gasteiger partial charge on any atom is -0.492 e. The first-order valence-corrected chi connectivity index (χ1v) is 10.3. The molecule has 0 amide bonds. The summed E-state index contributed by atoms with van der Waals surface area (Å²) >= 11 is 0. The minimum atomic E-state index is -2.00. The summed E-state index contributed by atoms with van der Waals surface area (Å²) in [6.07, 6.45) is 1.36. The summed E-state index contributed by atoms with van der Waals surface area (Å²) in [6.45, 7) is 2.41. The molecule has 2 aromatic heterocycles. The van der Waals surface area contributed by atoms with E-state index in [1.807, 2.05) is 18.2 Å². The number of fused-ring (bicyclic) bond motifs is 1. The number of pyridine rings is 2. The maximum absolute atomic E-state index is 15.3. The van der Waals surface area contributed by atoms with Crippen molar-refractivity contribution < 1.29 is 19.3 Å². The highest BCUT2D eigenvalue weighted by atomic mass is 19.1. The SMILES string of the molecule is COc1c(NCCNc2ccccn2)c(F)c(N)c2c(=O)c(C(O)O)c(C)n(C3CC3)c12. The molecule has 4 rings (SSSR count). The molecule has 32 heavy (non-hydrogen) atoms. The van der Waals surface area contributed by atoms with E-state index >= 15 is 4.39 Å². The first kappa shape index (κ1) is 21.8. The number of halogens is 1. The van der Waals surface area contributed by atoms with E-state index in [1.54, 1.807) is 17.7 Å². The molecule has 2 heterocycles.